The molecule has 4 rings (SSSR count). The summed E-state index contributed by atoms with van der Waals surface area (Å²) < 4.78 is 5.56. The molecule has 0 saturated carbocycles. The number of ether oxygens (including phenoxy) is 1. The van der Waals surface area contributed by atoms with E-state index in [1.807, 2.05) is 43.3 Å². The van der Waals surface area contributed by atoms with Crippen molar-refractivity contribution in [3.8, 4) is 11.1 Å². The first kappa shape index (κ1) is 24.3. The minimum absolute atomic E-state index is 0.00633. The number of carboxylic acids is 1. The predicted octanol–water partition coefficient (Wildman–Crippen LogP) is 5.68. The first-order chi connectivity index (χ1) is 16.9. The molecule has 0 heterocycles. The third kappa shape index (κ3) is 5.30. The van der Waals surface area contributed by atoms with Crippen LogP contribution < -0.4 is 10.6 Å². The maximum Gasteiger partial charge on any atom is 0.407 e. The molecule has 0 saturated heterocycles. The SMILES string of the molecule is CCC[C@@H](NC(=O)OCC1c2ccccc2-c2ccccc21)C(=O)Nc1ccc(C(=O)O)c(Cl)c1. The van der Waals surface area contributed by atoms with Gasteiger partial charge in [-0.15, -0.1) is 0 Å². The number of rotatable bonds is 8. The van der Waals surface area contributed by atoms with Crippen molar-refractivity contribution in [2.45, 2.75) is 31.7 Å². The van der Waals surface area contributed by atoms with Crippen LogP contribution in [0.5, 0.6) is 0 Å². The van der Waals surface area contributed by atoms with Gasteiger partial charge in [0, 0.05) is 11.6 Å². The summed E-state index contributed by atoms with van der Waals surface area (Å²) in [7, 11) is 0. The molecule has 1 atom stereocenters. The van der Waals surface area contributed by atoms with Crippen LogP contribution in [-0.4, -0.2) is 35.7 Å². The number of anilines is 1. The summed E-state index contributed by atoms with van der Waals surface area (Å²) in [4.78, 5) is 36.6. The Morgan fingerprint density at radius 1 is 1.00 bits per heavy atom. The molecule has 8 heteroatoms. The Balaban J connectivity index is 1.40. The third-order valence-corrected chi connectivity index (χ3v) is 6.31. The lowest BCUT2D eigenvalue weighted by Gasteiger charge is -2.19. The lowest BCUT2D eigenvalue weighted by atomic mass is 9.98. The molecule has 35 heavy (non-hydrogen) atoms. The topological polar surface area (TPSA) is 105 Å². The van der Waals surface area contributed by atoms with Crippen LogP contribution in [0.1, 0.15) is 47.2 Å². The summed E-state index contributed by atoms with van der Waals surface area (Å²) in [6.45, 7) is 2.05. The van der Waals surface area contributed by atoms with E-state index in [0.29, 0.717) is 18.5 Å². The zero-order valence-corrected chi connectivity index (χ0v) is 19.8. The number of aromatic carboxylic acids is 1. The molecular formula is C27H25ClN2O5. The van der Waals surface area contributed by atoms with E-state index >= 15 is 0 Å². The fraction of sp³-hybridized carbons (Fsp3) is 0.222. The molecule has 1 aliphatic carbocycles. The highest BCUT2D eigenvalue weighted by Crippen LogP contribution is 2.44. The summed E-state index contributed by atoms with van der Waals surface area (Å²) in [5.74, 6) is -1.69. The number of alkyl carbamates (subject to hydrolysis) is 1. The van der Waals surface area contributed by atoms with Crippen LogP contribution in [0.15, 0.2) is 66.7 Å². The van der Waals surface area contributed by atoms with E-state index in [0.717, 1.165) is 22.3 Å². The van der Waals surface area contributed by atoms with Crippen molar-refractivity contribution in [2.24, 2.45) is 0 Å². The molecule has 0 unspecified atom stereocenters. The second kappa shape index (κ2) is 10.6. The number of fused-ring (bicyclic) bond motifs is 3. The Bertz CT molecular complexity index is 1230. The Kier molecular flexibility index (Phi) is 7.36. The maximum atomic E-state index is 12.8. The van der Waals surface area contributed by atoms with Crippen LogP contribution in [-0.2, 0) is 9.53 Å². The standard InChI is InChI=1S/C27H25ClN2O5/c1-2-7-24(25(31)29-16-12-13-21(26(32)33)23(28)14-16)30-27(34)35-15-22-19-10-5-3-8-17(19)18-9-4-6-11-20(18)22/h3-6,8-14,22,24H,2,7,15H2,1H3,(H,29,31)(H,30,34)(H,32,33)/t24-/m1/s1. The van der Waals surface area contributed by atoms with E-state index in [9.17, 15) is 14.4 Å². The van der Waals surface area contributed by atoms with Crippen molar-refractivity contribution in [3.05, 3.63) is 88.4 Å². The first-order valence-corrected chi connectivity index (χ1v) is 11.7. The quantitative estimate of drug-likeness (QED) is 0.375. The molecule has 0 aromatic heterocycles. The number of benzene rings is 3. The second-order valence-electron chi connectivity index (χ2n) is 8.30. The minimum atomic E-state index is -1.16. The fourth-order valence-corrected chi connectivity index (χ4v) is 4.60. The van der Waals surface area contributed by atoms with Crippen LogP contribution in [0.25, 0.3) is 11.1 Å². The van der Waals surface area contributed by atoms with E-state index in [1.54, 1.807) is 0 Å². The fourth-order valence-electron chi connectivity index (χ4n) is 4.34. The molecule has 1 aliphatic rings. The lowest BCUT2D eigenvalue weighted by Crippen LogP contribution is -2.44. The summed E-state index contributed by atoms with van der Waals surface area (Å²) >= 11 is 5.99. The molecule has 180 valence electrons. The van der Waals surface area contributed by atoms with Gasteiger partial charge >= 0.3 is 12.1 Å². The molecule has 7 nitrogen and oxygen atoms in total. The van der Waals surface area contributed by atoms with E-state index in [2.05, 4.69) is 22.8 Å². The Morgan fingerprint density at radius 2 is 1.63 bits per heavy atom. The van der Waals surface area contributed by atoms with Crippen LogP contribution in [0.4, 0.5) is 10.5 Å². The highest BCUT2D eigenvalue weighted by Gasteiger charge is 2.29. The second-order valence-corrected chi connectivity index (χ2v) is 8.71. The van der Waals surface area contributed by atoms with Crippen LogP contribution in [0.2, 0.25) is 5.02 Å². The lowest BCUT2D eigenvalue weighted by molar-refractivity contribution is -0.118. The average molecular weight is 493 g/mol. The van der Waals surface area contributed by atoms with Gasteiger partial charge in [-0.25, -0.2) is 9.59 Å². The number of halogens is 1. The third-order valence-electron chi connectivity index (χ3n) is 6.00. The van der Waals surface area contributed by atoms with E-state index < -0.39 is 24.0 Å². The molecule has 2 amide bonds. The van der Waals surface area contributed by atoms with Crippen LogP contribution in [0.3, 0.4) is 0 Å². The van der Waals surface area contributed by atoms with Crippen molar-refractivity contribution in [2.75, 3.05) is 11.9 Å². The summed E-state index contributed by atoms with van der Waals surface area (Å²) in [5.41, 5.74) is 4.74. The molecule has 0 bridgehead atoms. The van der Waals surface area contributed by atoms with Crippen LogP contribution >= 0.6 is 11.6 Å². The number of carbonyl (C=O) groups excluding carboxylic acids is 2. The molecule has 0 radical (unpaired) electrons. The zero-order valence-electron chi connectivity index (χ0n) is 19.1. The van der Waals surface area contributed by atoms with Gasteiger partial charge in [-0.3, -0.25) is 4.79 Å². The van der Waals surface area contributed by atoms with Gasteiger partial charge in [0.2, 0.25) is 5.91 Å². The Labute approximate surface area is 208 Å². The number of amides is 2. The Morgan fingerprint density at radius 3 is 2.20 bits per heavy atom. The molecular weight excluding hydrogens is 468 g/mol. The van der Waals surface area contributed by atoms with Crippen molar-refractivity contribution in [1.29, 1.82) is 0 Å². The largest absolute Gasteiger partial charge is 0.478 e. The predicted molar refractivity (Wildman–Crippen MR) is 134 cm³/mol. The molecule has 0 fully saturated rings. The van der Waals surface area contributed by atoms with Crippen LogP contribution in [0, 0.1) is 0 Å². The monoisotopic (exact) mass is 492 g/mol. The van der Waals surface area contributed by atoms with Gasteiger partial charge in [0.05, 0.1) is 10.6 Å². The highest BCUT2D eigenvalue weighted by molar-refractivity contribution is 6.33. The average Bonchev–Trinajstić information content (AvgIpc) is 3.16. The number of hydrogen-bond donors (Lipinski definition) is 3. The summed E-state index contributed by atoms with van der Waals surface area (Å²) in [6, 6.07) is 19.4. The van der Waals surface area contributed by atoms with E-state index in [1.165, 1.54) is 18.2 Å². The molecule has 0 spiro atoms. The zero-order chi connectivity index (χ0) is 24.9. The van der Waals surface area contributed by atoms with Gasteiger partial charge in [0.15, 0.2) is 0 Å². The minimum Gasteiger partial charge on any atom is -0.478 e. The van der Waals surface area contributed by atoms with E-state index in [-0.39, 0.29) is 23.1 Å². The molecule has 3 N–H and O–H groups in total. The van der Waals surface area contributed by atoms with Crippen molar-refractivity contribution in [1.82, 2.24) is 5.32 Å². The molecule has 0 aliphatic heterocycles. The number of carbonyl (C=O) groups is 3. The Hall–Kier alpha value is -3.84. The van der Waals surface area contributed by atoms with Gasteiger partial charge in [-0.05, 0) is 46.9 Å². The van der Waals surface area contributed by atoms with Gasteiger partial charge in [0.1, 0.15) is 12.6 Å². The van der Waals surface area contributed by atoms with Gasteiger partial charge < -0.3 is 20.5 Å². The normalized spacial score (nSPS) is 12.9. The van der Waals surface area contributed by atoms with Crippen molar-refractivity contribution >= 4 is 35.3 Å². The summed E-state index contributed by atoms with van der Waals surface area (Å²) in [5, 5.41) is 14.4. The summed E-state index contributed by atoms with van der Waals surface area (Å²) in [6.07, 6.45) is 0.372. The maximum absolute atomic E-state index is 12.8. The molecule has 3 aromatic carbocycles. The number of hydrogen-bond acceptors (Lipinski definition) is 4. The number of nitrogens with one attached hydrogen (secondary N) is 2. The van der Waals surface area contributed by atoms with Crippen molar-refractivity contribution in [3.63, 3.8) is 0 Å². The number of carboxylic acid groups (broad SMARTS) is 1. The van der Waals surface area contributed by atoms with Gasteiger partial charge in [-0.1, -0.05) is 73.5 Å². The van der Waals surface area contributed by atoms with Gasteiger partial charge in [0.25, 0.3) is 0 Å². The smallest absolute Gasteiger partial charge is 0.407 e. The highest BCUT2D eigenvalue weighted by atomic mass is 35.5. The first-order valence-electron chi connectivity index (χ1n) is 11.3. The van der Waals surface area contributed by atoms with Crippen molar-refractivity contribution < 1.29 is 24.2 Å². The molecule has 3 aromatic rings. The van der Waals surface area contributed by atoms with Gasteiger partial charge in [-0.2, -0.15) is 0 Å². The van der Waals surface area contributed by atoms with E-state index in [4.69, 9.17) is 21.4 Å².